The summed E-state index contributed by atoms with van der Waals surface area (Å²) in [5.41, 5.74) is 25.5. The van der Waals surface area contributed by atoms with Crippen molar-refractivity contribution in [3.63, 3.8) is 0 Å². The van der Waals surface area contributed by atoms with Crippen LogP contribution in [0.1, 0.15) is 108 Å². The molecule has 62 heavy (non-hydrogen) atoms. The number of aromatic amines is 4. The Balaban J connectivity index is 1.44. The number of carbonyl (C=O) groups excluding carboxylic acids is 1. The first-order valence-corrected chi connectivity index (χ1v) is 22.5. The molecule has 0 aliphatic carbocycles. The molecule has 1 aliphatic heterocycles. The third kappa shape index (κ3) is 7.47. The maximum atomic E-state index is 11.9. The summed E-state index contributed by atoms with van der Waals surface area (Å²) in [6.07, 6.45) is 0. The molecule has 0 fully saturated rings. The van der Waals surface area contributed by atoms with Gasteiger partial charge in [0.2, 0.25) is 0 Å². The van der Waals surface area contributed by atoms with Gasteiger partial charge in [0, 0.05) is 79.1 Å². The van der Waals surface area contributed by atoms with Crippen LogP contribution in [0, 0.1) is 62.3 Å². The molecule has 0 spiro atoms. The third-order valence-electron chi connectivity index (χ3n) is 12.4. The topological polar surface area (TPSA) is 80.2 Å². The highest BCUT2D eigenvalue weighted by molar-refractivity contribution is 8.12. The van der Waals surface area contributed by atoms with Crippen molar-refractivity contribution in [2.75, 3.05) is 0 Å². The molecule has 4 aromatic carbocycles. The Labute approximate surface area is 368 Å². The molecule has 5 heterocycles. The number of rotatable bonds is 6. The summed E-state index contributed by atoms with van der Waals surface area (Å²) in [7, 11) is 0. The van der Waals surface area contributed by atoms with Crippen LogP contribution in [0.5, 0.6) is 0 Å². The fourth-order valence-corrected chi connectivity index (χ4v) is 10.7. The van der Waals surface area contributed by atoms with E-state index in [4.69, 9.17) is 0 Å². The van der Waals surface area contributed by atoms with Crippen molar-refractivity contribution in [2.45, 2.75) is 75.0 Å². The van der Waals surface area contributed by atoms with Gasteiger partial charge < -0.3 is 19.9 Å². The molecule has 0 saturated carbocycles. The van der Waals surface area contributed by atoms with Gasteiger partial charge in [0.25, 0.3) is 0 Å². The number of H-pyrrole nitrogens is 4. The Bertz CT molecular complexity index is 3290. The number of carbonyl (C=O) groups is 1. The van der Waals surface area contributed by atoms with Crippen LogP contribution in [0.15, 0.2) is 109 Å². The molecule has 0 saturated heterocycles. The average Bonchev–Trinajstić information content (AvgIpc) is 4.04. The van der Waals surface area contributed by atoms with E-state index in [0.29, 0.717) is 5.75 Å². The van der Waals surface area contributed by atoms with Gasteiger partial charge in [-0.05, 0) is 172 Å². The summed E-state index contributed by atoms with van der Waals surface area (Å²) >= 11 is 1.34. The predicted octanol–water partition coefficient (Wildman–Crippen LogP) is 9.86. The van der Waals surface area contributed by atoms with E-state index in [1.165, 1.54) is 78.5 Å². The molecule has 0 radical (unpaired) electrons. The maximum absolute atomic E-state index is 11.9. The lowest BCUT2D eigenvalue weighted by Crippen LogP contribution is -2.20. The summed E-state index contributed by atoms with van der Waals surface area (Å²) < 4.78 is 0. The lowest BCUT2D eigenvalue weighted by Gasteiger charge is -2.16. The van der Waals surface area contributed by atoms with Crippen LogP contribution in [0.25, 0.3) is 22.3 Å². The number of thioether (sulfide) groups is 1. The number of nitrogens with one attached hydrogen (secondary N) is 4. The first-order chi connectivity index (χ1) is 29.7. The smallest absolute Gasteiger partial charge is 0.186 e. The highest BCUT2D eigenvalue weighted by atomic mass is 32.2. The minimum absolute atomic E-state index is 0.119. The number of hydrogen-bond donors (Lipinski definition) is 4. The van der Waals surface area contributed by atoms with Gasteiger partial charge in [-0.1, -0.05) is 89.1 Å². The van der Waals surface area contributed by atoms with Gasteiger partial charge in [-0.25, -0.2) is 0 Å². The minimum atomic E-state index is 0.119. The third-order valence-corrected chi connectivity index (χ3v) is 13.2. The number of aromatic nitrogens is 4. The zero-order chi connectivity index (χ0) is 43.6. The second-order valence-electron chi connectivity index (χ2n) is 17.4. The van der Waals surface area contributed by atoms with Crippen molar-refractivity contribution < 1.29 is 4.79 Å². The van der Waals surface area contributed by atoms with Gasteiger partial charge in [-0.15, -0.1) is 0 Å². The van der Waals surface area contributed by atoms with E-state index in [9.17, 15) is 4.79 Å². The van der Waals surface area contributed by atoms with E-state index in [1.54, 1.807) is 6.92 Å². The first-order valence-electron chi connectivity index (χ1n) is 21.5. The van der Waals surface area contributed by atoms with Crippen molar-refractivity contribution in [1.82, 2.24) is 19.9 Å². The molecule has 0 unspecified atom stereocenters. The zero-order valence-electron chi connectivity index (χ0n) is 37.4. The monoisotopic (exact) mass is 830 g/mol. The largest absolute Gasteiger partial charge is 0.354 e. The van der Waals surface area contributed by atoms with E-state index < -0.39 is 0 Å². The van der Waals surface area contributed by atoms with E-state index in [0.717, 1.165) is 77.6 Å². The Kier molecular flexibility index (Phi) is 10.6. The lowest BCUT2D eigenvalue weighted by atomic mass is 9.91. The summed E-state index contributed by atoms with van der Waals surface area (Å²) in [6, 6.07) is 40.3. The summed E-state index contributed by atoms with van der Waals surface area (Å²) in [5.74, 6) is 0.643. The molecule has 6 heteroatoms. The van der Waals surface area contributed by atoms with Crippen molar-refractivity contribution in [3.8, 4) is 0 Å². The van der Waals surface area contributed by atoms with Crippen molar-refractivity contribution >= 4 is 39.2 Å². The molecular weight excluding hydrogens is 777 g/mol. The van der Waals surface area contributed by atoms with Crippen LogP contribution in [0.4, 0.5) is 0 Å². The van der Waals surface area contributed by atoms with Gasteiger partial charge in [0.05, 0.1) is 0 Å². The SMILES string of the molecule is CC(=O)SCc1ccc(C2=c3ccc([nH]3)=C(c3c(C)cc(C)cc3C)c3ccc([nH]3)C(c3c(C)cc(C)cc3C)=c3ccc([nH]3)=C(c3c(C)cc(C)cc3C)c3ccc2[nH]3)cc1. The second kappa shape index (κ2) is 16.1. The second-order valence-corrected chi connectivity index (χ2v) is 18.6. The number of hydrogen-bond acceptors (Lipinski definition) is 2. The molecule has 4 N–H and O–H groups in total. The van der Waals surface area contributed by atoms with Gasteiger partial charge in [-0.2, -0.15) is 0 Å². The van der Waals surface area contributed by atoms with Crippen LogP contribution in [0.3, 0.4) is 0 Å². The fraction of sp³-hybridized carbons (Fsp3) is 0.196. The predicted molar refractivity (Wildman–Crippen MR) is 258 cm³/mol. The fourth-order valence-electron chi connectivity index (χ4n) is 10.1. The Morgan fingerprint density at radius 2 is 0.710 bits per heavy atom. The van der Waals surface area contributed by atoms with Gasteiger partial charge in [0.1, 0.15) is 0 Å². The molecule has 8 bridgehead atoms. The van der Waals surface area contributed by atoms with Crippen LogP contribution >= 0.6 is 11.8 Å². The molecule has 310 valence electrons. The lowest BCUT2D eigenvalue weighted by molar-refractivity contribution is -0.109. The Morgan fingerprint density at radius 1 is 0.403 bits per heavy atom. The maximum Gasteiger partial charge on any atom is 0.186 e. The molecular formula is C56H54N4OS. The summed E-state index contributed by atoms with van der Waals surface area (Å²) in [5, 5.41) is 4.23. The van der Waals surface area contributed by atoms with E-state index >= 15 is 0 Å². The molecule has 9 rings (SSSR count). The minimum Gasteiger partial charge on any atom is -0.354 e. The molecule has 5 nitrogen and oxygen atoms in total. The molecule has 8 aromatic rings. The van der Waals surface area contributed by atoms with E-state index in [-0.39, 0.29) is 5.12 Å². The first kappa shape index (κ1) is 40.9. The zero-order valence-corrected chi connectivity index (χ0v) is 38.2. The van der Waals surface area contributed by atoms with Crippen LogP contribution < -0.4 is 21.4 Å². The van der Waals surface area contributed by atoms with E-state index in [1.807, 2.05) is 0 Å². The molecule has 0 amide bonds. The molecule has 4 aromatic heterocycles. The number of aryl methyl sites for hydroxylation is 9. The molecule has 1 aliphatic rings. The number of benzene rings is 4. The Hall–Kier alpha value is -6.50. The van der Waals surface area contributed by atoms with E-state index in [2.05, 4.69) is 191 Å². The van der Waals surface area contributed by atoms with Crippen molar-refractivity contribution in [3.05, 3.63) is 231 Å². The van der Waals surface area contributed by atoms with Crippen molar-refractivity contribution in [1.29, 1.82) is 0 Å². The average molecular weight is 831 g/mol. The van der Waals surface area contributed by atoms with Crippen LogP contribution in [-0.2, 0) is 10.5 Å². The standard InChI is InChI=1S/C56H54N4OS/c1-30-23-33(4)50(34(5)24-30)54-44-17-15-42(57-44)53(41-13-11-40(12-14-41)29-62-39(10)61)43-16-18-45(58-43)55(51-35(6)25-31(2)26-36(51)7)47-20-22-49(60-47)56(48-21-19-46(54)59-48)52-37(8)27-32(3)28-38(52)9/h11-28,57-60H,29H2,1-10H3. The quantitative estimate of drug-likeness (QED) is 0.135. The van der Waals surface area contributed by atoms with Gasteiger partial charge in [-0.3, -0.25) is 4.79 Å². The highest BCUT2D eigenvalue weighted by Crippen LogP contribution is 2.34. The normalized spacial score (nSPS) is 12.7. The van der Waals surface area contributed by atoms with Crippen molar-refractivity contribution in [2.24, 2.45) is 0 Å². The number of fused-ring (bicyclic) bond motifs is 8. The van der Waals surface area contributed by atoms with Gasteiger partial charge in [0.15, 0.2) is 5.12 Å². The van der Waals surface area contributed by atoms with Crippen LogP contribution in [0.2, 0.25) is 0 Å². The van der Waals surface area contributed by atoms with Crippen LogP contribution in [-0.4, -0.2) is 25.1 Å². The molecule has 0 atom stereocenters. The Morgan fingerprint density at radius 3 is 1.03 bits per heavy atom. The summed E-state index contributed by atoms with van der Waals surface area (Å²) in [4.78, 5) is 27.8. The van der Waals surface area contributed by atoms with Gasteiger partial charge >= 0.3 is 0 Å². The summed E-state index contributed by atoms with van der Waals surface area (Å²) in [6.45, 7) is 21.5. The highest BCUT2D eigenvalue weighted by Gasteiger charge is 2.22.